The summed E-state index contributed by atoms with van der Waals surface area (Å²) in [5.74, 6) is 2.97. The molecule has 6 heteroatoms. The molecular formula is C18H16F2N2O2. The van der Waals surface area contributed by atoms with Crippen molar-refractivity contribution in [3.05, 3.63) is 65.2 Å². The quantitative estimate of drug-likeness (QED) is 0.514. The average molecular weight is 330 g/mol. The van der Waals surface area contributed by atoms with Crippen LogP contribution < -0.4 is 11.1 Å². The van der Waals surface area contributed by atoms with Crippen molar-refractivity contribution in [2.45, 2.75) is 13.0 Å². The van der Waals surface area contributed by atoms with Crippen molar-refractivity contribution in [3.8, 4) is 11.8 Å². The minimum Gasteiger partial charge on any atom is -0.445 e. The highest BCUT2D eigenvalue weighted by Crippen LogP contribution is 2.16. The van der Waals surface area contributed by atoms with E-state index in [1.807, 2.05) is 30.3 Å². The van der Waals surface area contributed by atoms with E-state index in [9.17, 15) is 13.6 Å². The van der Waals surface area contributed by atoms with Crippen molar-refractivity contribution < 1.29 is 18.3 Å². The van der Waals surface area contributed by atoms with Gasteiger partial charge in [-0.1, -0.05) is 42.2 Å². The zero-order chi connectivity index (χ0) is 17.4. The van der Waals surface area contributed by atoms with Gasteiger partial charge in [0.05, 0.1) is 11.3 Å². The van der Waals surface area contributed by atoms with Crippen LogP contribution in [0.5, 0.6) is 0 Å². The van der Waals surface area contributed by atoms with Gasteiger partial charge in [0.15, 0.2) is 11.6 Å². The number of carbonyl (C=O) groups is 1. The van der Waals surface area contributed by atoms with Gasteiger partial charge in [0.2, 0.25) is 0 Å². The van der Waals surface area contributed by atoms with Crippen LogP contribution in [-0.4, -0.2) is 12.6 Å². The van der Waals surface area contributed by atoms with Gasteiger partial charge in [0, 0.05) is 13.0 Å². The number of nitrogen functional groups attached to an aromatic ring is 1. The molecule has 24 heavy (non-hydrogen) atoms. The van der Waals surface area contributed by atoms with Crippen LogP contribution >= 0.6 is 0 Å². The molecule has 0 unspecified atom stereocenters. The van der Waals surface area contributed by atoms with Crippen molar-refractivity contribution in [1.29, 1.82) is 0 Å². The first kappa shape index (κ1) is 17.3. The predicted octanol–water partition coefficient (Wildman–Crippen LogP) is 3.22. The number of nitrogens with one attached hydrogen (secondary N) is 1. The summed E-state index contributed by atoms with van der Waals surface area (Å²) in [7, 11) is 0. The third kappa shape index (κ3) is 4.99. The van der Waals surface area contributed by atoms with E-state index in [-0.39, 0.29) is 30.8 Å². The molecule has 3 N–H and O–H groups in total. The van der Waals surface area contributed by atoms with Crippen molar-refractivity contribution in [3.63, 3.8) is 0 Å². The van der Waals surface area contributed by atoms with Crippen molar-refractivity contribution in [2.75, 3.05) is 12.3 Å². The fourth-order valence-corrected chi connectivity index (χ4v) is 1.82. The molecule has 0 atom stereocenters. The zero-order valence-corrected chi connectivity index (χ0v) is 12.8. The monoisotopic (exact) mass is 330 g/mol. The van der Waals surface area contributed by atoms with E-state index in [2.05, 4.69) is 17.2 Å². The van der Waals surface area contributed by atoms with Gasteiger partial charge in [0.1, 0.15) is 6.61 Å². The minimum absolute atomic E-state index is 0.0756. The van der Waals surface area contributed by atoms with E-state index in [0.29, 0.717) is 0 Å². The zero-order valence-electron chi connectivity index (χ0n) is 12.8. The number of nitrogens with two attached hydrogens (primary N) is 1. The third-order valence-electron chi connectivity index (χ3n) is 3.07. The Labute approximate surface area is 138 Å². The first-order valence-corrected chi connectivity index (χ1v) is 7.25. The normalized spacial score (nSPS) is 9.75. The number of ether oxygens (including phenoxy) is 1. The number of anilines is 1. The highest BCUT2D eigenvalue weighted by molar-refractivity contribution is 5.67. The summed E-state index contributed by atoms with van der Waals surface area (Å²) in [4.78, 5) is 11.5. The maximum absolute atomic E-state index is 13.5. The molecule has 1 amide bonds. The van der Waals surface area contributed by atoms with Crippen LogP contribution in [0.3, 0.4) is 0 Å². The van der Waals surface area contributed by atoms with Crippen molar-refractivity contribution in [2.24, 2.45) is 0 Å². The van der Waals surface area contributed by atoms with E-state index in [1.165, 1.54) is 12.1 Å². The van der Waals surface area contributed by atoms with E-state index in [4.69, 9.17) is 10.5 Å². The lowest BCUT2D eigenvalue weighted by Crippen LogP contribution is -2.24. The molecule has 0 heterocycles. The molecule has 2 aromatic rings. The molecule has 2 rings (SSSR count). The number of hydrogen-bond donors (Lipinski definition) is 2. The predicted molar refractivity (Wildman–Crippen MR) is 86.9 cm³/mol. The molecule has 0 fully saturated rings. The minimum atomic E-state index is -1.11. The van der Waals surface area contributed by atoms with E-state index < -0.39 is 17.7 Å². The Bertz CT molecular complexity index is 768. The fourth-order valence-electron chi connectivity index (χ4n) is 1.82. The van der Waals surface area contributed by atoms with Crippen LogP contribution in [0.4, 0.5) is 19.3 Å². The van der Waals surface area contributed by atoms with Gasteiger partial charge in [-0.05, 0) is 17.7 Å². The van der Waals surface area contributed by atoms with Gasteiger partial charge in [-0.25, -0.2) is 13.6 Å². The number of hydrogen-bond acceptors (Lipinski definition) is 3. The Balaban J connectivity index is 1.73. The average Bonchev–Trinajstić information content (AvgIpc) is 2.60. The standard InChI is InChI=1S/C18H16F2N2O2/c19-16-14(9-10-15(21)17(16)20)8-4-5-11-22-18(23)24-12-13-6-2-1-3-7-13/h1-3,6-7,9-10H,5,11-12,21H2,(H,22,23). The Kier molecular flexibility index (Phi) is 6.15. The van der Waals surface area contributed by atoms with Crippen molar-refractivity contribution in [1.82, 2.24) is 5.32 Å². The molecule has 0 aliphatic carbocycles. The molecule has 0 bridgehead atoms. The highest BCUT2D eigenvalue weighted by Gasteiger charge is 2.09. The molecule has 0 saturated heterocycles. The number of halogens is 2. The summed E-state index contributed by atoms with van der Waals surface area (Å²) in [5.41, 5.74) is 5.79. The van der Waals surface area contributed by atoms with E-state index >= 15 is 0 Å². The van der Waals surface area contributed by atoms with E-state index in [0.717, 1.165) is 5.56 Å². The summed E-state index contributed by atoms with van der Waals surface area (Å²) in [6.07, 6.45) is -0.295. The third-order valence-corrected chi connectivity index (χ3v) is 3.07. The first-order valence-electron chi connectivity index (χ1n) is 7.25. The van der Waals surface area contributed by atoms with Crippen LogP contribution in [0.1, 0.15) is 17.5 Å². The lowest BCUT2D eigenvalue weighted by Gasteiger charge is -2.05. The Morgan fingerprint density at radius 2 is 1.88 bits per heavy atom. The molecular weight excluding hydrogens is 314 g/mol. The molecule has 4 nitrogen and oxygen atoms in total. The number of carbonyl (C=O) groups excluding carboxylic acids is 1. The van der Waals surface area contributed by atoms with Crippen LogP contribution in [-0.2, 0) is 11.3 Å². The van der Waals surface area contributed by atoms with Gasteiger partial charge < -0.3 is 15.8 Å². The van der Waals surface area contributed by atoms with Crippen molar-refractivity contribution >= 4 is 11.8 Å². The summed E-state index contributed by atoms with van der Waals surface area (Å²) >= 11 is 0. The maximum Gasteiger partial charge on any atom is 0.407 e. The maximum atomic E-state index is 13.5. The van der Waals surface area contributed by atoms with Crippen LogP contribution in [0.15, 0.2) is 42.5 Å². The molecule has 0 aliphatic heterocycles. The second-order valence-corrected chi connectivity index (χ2v) is 4.87. The molecule has 0 radical (unpaired) electrons. The van der Waals surface area contributed by atoms with Gasteiger partial charge in [0.25, 0.3) is 0 Å². The Morgan fingerprint density at radius 1 is 1.12 bits per heavy atom. The largest absolute Gasteiger partial charge is 0.445 e. The Hall–Kier alpha value is -3.07. The molecule has 124 valence electrons. The molecule has 0 aromatic heterocycles. The molecule has 0 spiro atoms. The van der Waals surface area contributed by atoms with Gasteiger partial charge >= 0.3 is 6.09 Å². The van der Waals surface area contributed by atoms with Crippen LogP contribution in [0.2, 0.25) is 0 Å². The number of alkyl carbamates (subject to hydrolysis) is 1. The molecule has 0 aliphatic rings. The summed E-state index contributed by atoms with van der Waals surface area (Å²) < 4.78 is 31.8. The van der Waals surface area contributed by atoms with Crippen LogP contribution in [0.25, 0.3) is 0 Å². The SMILES string of the molecule is Nc1ccc(C#CCCNC(=O)OCc2ccccc2)c(F)c1F. The van der Waals surface area contributed by atoms with Gasteiger partial charge in [-0.15, -0.1) is 0 Å². The van der Waals surface area contributed by atoms with Gasteiger partial charge in [-0.2, -0.15) is 0 Å². The number of amides is 1. The second kappa shape index (κ2) is 8.53. The summed E-state index contributed by atoms with van der Waals surface area (Å²) in [6.45, 7) is 0.411. The first-order chi connectivity index (χ1) is 11.6. The number of benzene rings is 2. The lowest BCUT2D eigenvalue weighted by molar-refractivity contribution is 0.140. The molecule has 0 saturated carbocycles. The topological polar surface area (TPSA) is 64.3 Å². The highest BCUT2D eigenvalue weighted by atomic mass is 19.2. The van der Waals surface area contributed by atoms with Crippen LogP contribution in [0, 0.1) is 23.5 Å². The number of rotatable bonds is 4. The second-order valence-electron chi connectivity index (χ2n) is 4.87. The smallest absolute Gasteiger partial charge is 0.407 e. The van der Waals surface area contributed by atoms with E-state index in [1.54, 1.807) is 0 Å². The summed E-state index contributed by atoms with van der Waals surface area (Å²) in [5, 5.41) is 2.52. The Morgan fingerprint density at radius 3 is 2.62 bits per heavy atom. The van der Waals surface area contributed by atoms with Gasteiger partial charge in [-0.3, -0.25) is 0 Å². The summed E-state index contributed by atoms with van der Waals surface area (Å²) in [6, 6.07) is 11.8. The fraction of sp³-hybridized carbons (Fsp3) is 0.167. The lowest BCUT2D eigenvalue weighted by atomic mass is 10.2. The molecule has 2 aromatic carbocycles.